The zero-order chi connectivity index (χ0) is 20.2. The number of nitriles is 1. The number of nitrogens with one attached hydrogen (secondary N) is 2. The third kappa shape index (κ3) is 3.69. The number of hydrogen-bond acceptors (Lipinski definition) is 4. The first-order valence-corrected chi connectivity index (χ1v) is 9.23. The first-order valence-electron chi connectivity index (χ1n) is 9.23. The lowest BCUT2D eigenvalue weighted by Gasteiger charge is -2.14. The summed E-state index contributed by atoms with van der Waals surface area (Å²) in [5.74, 6) is 0.813. The maximum atomic E-state index is 9.60. The summed E-state index contributed by atoms with van der Waals surface area (Å²) in [7, 11) is 1.65. The van der Waals surface area contributed by atoms with Crippen molar-refractivity contribution in [3.63, 3.8) is 0 Å². The van der Waals surface area contributed by atoms with E-state index in [0.717, 1.165) is 44.7 Å². The van der Waals surface area contributed by atoms with E-state index in [4.69, 9.17) is 4.74 Å². The highest BCUT2D eigenvalue weighted by atomic mass is 16.5. The molecular weight excluding hydrogens is 360 g/mol. The second-order valence-corrected chi connectivity index (χ2v) is 6.67. The summed E-state index contributed by atoms with van der Waals surface area (Å²) in [5.41, 5.74) is 6.27. The Kier molecular flexibility index (Phi) is 5.00. The molecule has 5 heteroatoms. The van der Waals surface area contributed by atoms with Crippen LogP contribution in [0, 0.1) is 18.3 Å². The number of H-pyrrole nitrogens is 1. The van der Waals surface area contributed by atoms with Gasteiger partial charge in [-0.05, 0) is 48.4 Å². The molecule has 4 aromatic rings. The Labute approximate surface area is 169 Å². The number of anilines is 2. The average Bonchev–Trinajstić information content (AvgIpc) is 3.25. The SMILES string of the molecule is COc1ccc(C=Cc2cncc(C#N)c2Nc2ccc3[nH]ccc3c2C)cc1. The van der Waals surface area contributed by atoms with Gasteiger partial charge in [0.2, 0.25) is 0 Å². The highest BCUT2D eigenvalue weighted by Gasteiger charge is 2.11. The molecular formula is C24H20N4O. The minimum atomic E-state index is 0.496. The molecule has 142 valence electrons. The molecule has 0 unspecified atom stereocenters. The van der Waals surface area contributed by atoms with E-state index >= 15 is 0 Å². The Morgan fingerprint density at radius 2 is 1.90 bits per heavy atom. The number of nitrogens with zero attached hydrogens (tertiary/aromatic N) is 2. The summed E-state index contributed by atoms with van der Waals surface area (Å²) in [5, 5.41) is 14.2. The van der Waals surface area contributed by atoms with Gasteiger partial charge in [-0.2, -0.15) is 5.26 Å². The predicted molar refractivity (Wildman–Crippen MR) is 117 cm³/mol. The Balaban J connectivity index is 1.71. The molecule has 0 saturated carbocycles. The summed E-state index contributed by atoms with van der Waals surface area (Å²) >= 11 is 0. The van der Waals surface area contributed by atoms with Crippen molar-refractivity contribution in [2.45, 2.75) is 6.92 Å². The van der Waals surface area contributed by atoms with Gasteiger partial charge < -0.3 is 15.0 Å². The molecule has 0 radical (unpaired) electrons. The van der Waals surface area contributed by atoms with E-state index in [1.807, 2.05) is 54.7 Å². The van der Waals surface area contributed by atoms with Gasteiger partial charge in [0.15, 0.2) is 0 Å². The Hall–Kier alpha value is -4.04. The molecule has 2 heterocycles. The first-order chi connectivity index (χ1) is 14.2. The van der Waals surface area contributed by atoms with Gasteiger partial charge in [0, 0.05) is 40.7 Å². The van der Waals surface area contributed by atoms with Crippen molar-refractivity contribution in [3.8, 4) is 11.8 Å². The number of aromatic nitrogens is 2. The number of aryl methyl sites for hydroxylation is 1. The van der Waals surface area contributed by atoms with Crippen LogP contribution in [-0.2, 0) is 0 Å². The van der Waals surface area contributed by atoms with Crippen LogP contribution in [0.1, 0.15) is 22.3 Å². The van der Waals surface area contributed by atoms with E-state index in [2.05, 4.69) is 34.3 Å². The van der Waals surface area contributed by atoms with E-state index in [1.54, 1.807) is 19.5 Å². The quantitative estimate of drug-likeness (QED) is 0.468. The lowest BCUT2D eigenvalue weighted by Crippen LogP contribution is -1.99. The van der Waals surface area contributed by atoms with Crippen LogP contribution >= 0.6 is 0 Å². The second-order valence-electron chi connectivity index (χ2n) is 6.67. The van der Waals surface area contributed by atoms with Gasteiger partial charge in [-0.3, -0.25) is 4.98 Å². The van der Waals surface area contributed by atoms with Gasteiger partial charge in [-0.1, -0.05) is 24.3 Å². The van der Waals surface area contributed by atoms with Crippen molar-refractivity contribution in [3.05, 3.63) is 83.3 Å². The van der Waals surface area contributed by atoms with Crippen LogP contribution in [0.25, 0.3) is 23.1 Å². The van der Waals surface area contributed by atoms with Gasteiger partial charge >= 0.3 is 0 Å². The normalized spacial score (nSPS) is 10.9. The van der Waals surface area contributed by atoms with Crippen LogP contribution in [0.2, 0.25) is 0 Å². The number of hydrogen-bond donors (Lipinski definition) is 2. The van der Waals surface area contributed by atoms with Gasteiger partial charge in [0.05, 0.1) is 18.4 Å². The molecule has 5 nitrogen and oxygen atoms in total. The third-order valence-electron chi connectivity index (χ3n) is 4.93. The zero-order valence-corrected chi connectivity index (χ0v) is 16.2. The number of aromatic amines is 1. The molecule has 2 aromatic carbocycles. The average molecular weight is 380 g/mol. The van der Waals surface area contributed by atoms with Crippen molar-refractivity contribution in [2.24, 2.45) is 0 Å². The highest BCUT2D eigenvalue weighted by molar-refractivity contribution is 5.90. The van der Waals surface area contributed by atoms with Crippen molar-refractivity contribution >= 4 is 34.4 Å². The number of rotatable bonds is 5. The molecule has 0 bridgehead atoms. The van der Waals surface area contributed by atoms with Crippen LogP contribution < -0.4 is 10.1 Å². The Morgan fingerprint density at radius 3 is 2.66 bits per heavy atom. The smallest absolute Gasteiger partial charge is 0.118 e. The monoisotopic (exact) mass is 380 g/mol. The second kappa shape index (κ2) is 7.91. The molecule has 0 atom stereocenters. The fourth-order valence-electron chi connectivity index (χ4n) is 3.28. The number of ether oxygens (including phenoxy) is 1. The summed E-state index contributed by atoms with van der Waals surface area (Å²) < 4.78 is 5.20. The molecule has 0 spiro atoms. The molecule has 0 aliphatic carbocycles. The molecule has 2 N–H and O–H groups in total. The molecule has 0 amide bonds. The first kappa shape index (κ1) is 18.3. The summed E-state index contributed by atoms with van der Waals surface area (Å²) in [6.07, 6.45) is 9.22. The highest BCUT2D eigenvalue weighted by Crippen LogP contribution is 2.31. The van der Waals surface area contributed by atoms with Crippen molar-refractivity contribution in [2.75, 3.05) is 12.4 Å². The lowest BCUT2D eigenvalue weighted by molar-refractivity contribution is 0.415. The minimum Gasteiger partial charge on any atom is -0.497 e. The molecule has 0 aliphatic rings. The Bertz CT molecular complexity index is 1230. The van der Waals surface area contributed by atoms with E-state index in [9.17, 15) is 5.26 Å². The summed E-state index contributed by atoms with van der Waals surface area (Å²) in [4.78, 5) is 7.44. The number of methoxy groups -OCH3 is 1. The topological polar surface area (TPSA) is 73.7 Å². The van der Waals surface area contributed by atoms with E-state index in [-0.39, 0.29) is 0 Å². The zero-order valence-electron chi connectivity index (χ0n) is 16.2. The molecule has 0 aliphatic heterocycles. The van der Waals surface area contributed by atoms with Gasteiger partial charge in [0.1, 0.15) is 11.8 Å². The van der Waals surface area contributed by atoms with Crippen molar-refractivity contribution in [1.82, 2.24) is 9.97 Å². The van der Waals surface area contributed by atoms with Gasteiger partial charge in [-0.15, -0.1) is 0 Å². The summed E-state index contributed by atoms with van der Waals surface area (Å²) in [6.45, 7) is 2.07. The van der Waals surface area contributed by atoms with E-state index in [0.29, 0.717) is 5.56 Å². The number of fused-ring (bicyclic) bond motifs is 1. The largest absolute Gasteiger partial charge is 0.497 e. The van der Waals surface area contributed by atoms with Crippen LogP contribution in [0.3, 0.4) is 0 Å². The summed E-state index contributed by atoms with van der Waals surface area (Å²) in [6, 6.07) is 16.1. The van der Waals surface area contributed by atoms with Gasteiger partial charge in [0.25, 0.3) is 0 Å². The van der Waals surface area contributed by atoms with Crippen molar-refractivity contribution < 1.29 is 4.74 Å². The fourth-order valence-corrected chi connectivity index (χ4v) is 3.28. The lowest BCUT2D eigenvalue weighted by atomic mass is 10.1. The molecule has 4 rings (SSSR count). The van der Waals surface area contributed by atoms with Crippen LogP contribution in [0.15, 0.2) is 61.1 Å². The molecule has 29 heavy (non-hydrogen) atoms. The van der Waals surface area contributed by atoms with Crippen LogP contribution in [0.5, 0.6) is 5.75 Å². The van der Waals surface area contributed by atoms with Crippen LogP contribution in [-0.4, -0.2) is 17.1 Å². The van der Waals surface area contributed by atoms with E-state index in [1.165, 1.54) is 0 Å². The van der Waals surface area contributed by atoms with Crippen molar-refractivity contribution in [1.29, 1.82) is 5.26 Å². The standard InChI is InChI=1S/C24H20N4O/c1-16-21-11-12-27-23(21)10-9-22(16)28-24-18(14-26-15-19(24)13-25)6-3-17-4-7-20(29-2)8-5-17/h3-12,14-15,27H,1-2H3,(H,26,28). The molecule has 0 saturated heterocycles. The molecule has 0 fully saturated rings. The maximum Gasteiger partial charge on any atom is 0.118 e. The maximum absolute atomic E-state index is 9.60. The number of pyridine rings is 1. The predicted octanol–water partition coefficient (Wildman–Crippen LogP) is 5.67. The third-order valence-corrected chi connectivity index (χ3v) is 4.93. The number of benzene rings is 2. The Morgan fingerprint density at radius 1 is 1.07 bits per heavy atom. The van der Waals surface area contributed by atoms with E-state index < -0.39 is 0 Å². The fraction of sp³-hybridized carbons (Fsp3) is 0.0833. The molecule has 2 aromatic heterocycles. The van der Waals surface area contributed by atoms with Crippen LogP contribution in [0.4, 0.5) is 11.4 Å². The van der Waals surface area contributed by atoms with Gasteiger partial charge in [-0.25, -0.2) is 0 Å². The minimum absolute atomic E-state index is 0.496.